The van der Waals surface area contributed by atoms with E-state index in [0.29, 0.717) is 0 Å². The standard InChI is InChI=1S/C13H17N3/c1-13(6-8-15-9-7-13)16-12-5-3-2-4-11(12)10-14/h2-5,15-16H,6-9H2,1H3. The fourth-order valence-corrected chi connectivity index (χ4v) is 2.12. The van der Waals surface area contributed by atoms with Crippen LogP contribution in [0.15, 0.2) is 24.3 Å². The van der Waals surface area contributed by atoms with E-state index in [4.69, 9.17) is 5.26 Å². The number of piperidine rings is 1. The minimum absolute atomic E-state index is 0.109. The van der Waals surface area contributed by atoms with E-state index in [9.17, 15) is 0 Å². The number of nitrogens with one attached hydrogen (secondary N) is 2. The van der Waals surface area contributed by atoms with Gasteiger partial charge < -0.3 is 10.6 Å². The molecule has 0 aromatic heterocycles. The van der Waals surface area contributed by atoms with Gasteiger partial charge in [-0.3, -0.25) is 0 Å². The number of rotatable bonds is 2. The molecular formula is C13H17N3. The van der Waals surface area contributed by atoms with Crippen molar-refractivity contribution in [2.45, 2.75) is 25.3 Å². The van der Waals surface area contributed by atoms with Crippen molar-refractivity contribution < 1.29 is 0 Å². The smallest absolute Gasteiger partial charge is 0.101 e. The predicted molar refractivity (Wildman–Crippen MR) is 65.3 cm³/mol. The summed E-state index contributed by atoms with van der Waals surface area (Å²) in [5, 5.41) is 15.9. The fraction of sp³-hybridized carbons (Fsp3) is 0.462. The van der Waals surface area contributed by atoms with Crippen LogP contribution in [-0.4, -0.2) is 18.6 Å². The number of nitrogens with zero attached hydrogens (tertiary/aromatic N) is 1. The molecule has 2 rings (SSSR count). The molecule has 3 nitrogen and oxygen atoms in total. The summed E-state index contributed by atoms with van der Waals surface area (Å²) in [7, 11) is 0. The first-order chi connectivity index (χ1) is 7.73. The highest BCUT2D eigenvalue weighted by atomic mass is 15.0. The topological polar surface area (TPSA) is 47.9 Å². The summed E-state index contributed by atoms with van der Waals surface area (Å²) < 4.78 is 0. The molecule has 0 radical (unpaired) electrons. The molecule has 1 aromatic carbocycles. The SMILES string of the molecule is CC1(Nc2ccccc2C#N)CCNCC1. The maximum absolute atomic E-state index is 9.03. The van der Waals surface area contributed by atoms with Crippen LogP contribution >= 0.6 is 0 Å². The highest BCUT2D eigenvalue weighted by Gasteiger charge is 2.26. The second-order valence-electron chi connectivity index (χ2n) is 4.59. The summed E-state index contributed by atoms with van der Waals surface area (Å²) in [6.07, 6.45) is 2.18. The van der Waals surface area contributed by atoms with Gasteiger partial charge in [0.15, 0.2) is 0 Å². The van der Waals surface area contributed by atoms with Crippen molar-refractivity contribution in [2.75, 3.05) is 18.4 Å². The normalized spacial score (nSPS) is 18.8. The zero-order valence-electron chi connectivity index (χ0n) is 9.59. The van der Waals surface area contributed by atoms with Crippen LogP contribution in [0.1, 0.15) is 25.3 Å². The molecule has 0 aliphatic carbocycles. The van der Waals surface area contributed by atoms with E-state index in [-0.39, 0.29) is 5.54 Å². The highest BCUT2D eigenvalue weighted by Crippen LogP contribution is 2.25. The van der Waals surface area contributed by atoms with E-state index >= 15 is 0 Å². The molecular weight excluding hydrogens is 198 g/mol. The van der Waals surface area contributed by atoms with Crippen molar-refractivity contribution in [3.05, 3.63) is 29.8 Å². The third-order valence-electron chi connectivity index (χ3n) is 3.19. The van der Waals surface area contributed by atoms with E-state index in [1.165, 1.54) is 0 Å². The lowest BCUT2D eigenvalue weighted by Gasteiger charge is -2.36. The third-order valence-corrected chi connectivity index (χ3v) is 3.19. The number of para-hydroxylation sites is 1. The Morgan fingerprint density at radius 1 is 1.31 bits per heavy atom. The maximum Gasteiger partial charge on any atom is 0.101 e. The zero-order valence-corrected chi connectivity index (χ0v) is 9.59. The van der Waals surface area contributed by atoms with Crippen LogP contribution in [0.2, 0.25) is 0 Å². The Balaban J connectivity index is 2.16. The molecule has 16 heavy (non-hydrogen) atoms. The molecule has 0 amide bonds. The second kappa shape index (κ2) is 4.54. The highest BCUT2D eigenvalue weighted by molar-refractivity contribution is 5.58. The van der Waals surface area contributed by atoms with Gasteiger partial charge in [-0.2, -0.15) is 5.26 Å². The van der Waals surface area contributed by atoms with Crippen LogP contribution in [0.25, 0.3) is 0 Å². The quantitative estimate of drug-likeness (QED) is 0.794. The maximum atomic E-state index is 9.03. The first-order valence-corrected chi connectivity index (χ1v) is 5.72. The Bertz CT molecular complexity index is 400. The Morgan fingerprint density at radius 2 is 2.00 bits per heavy atom. The van der Waals surface area contributed by atoms with Crippen molar-refractivity contribution in [3.63, 3.8) is 0 Å². The van der Waals surface area contributed by atoms with Gasteiger partial charge in [-0.1, -0.05) is 12.1 Å². The van der Waals surface area contributed by atoms with Crippen molar-refractivity contribution in [2.24, 2.45) is 0 Å². The summed E-state index contributed by atoms with van der Waals surface area (Å²) >= 11 is 0. The first kappa shape index (κ1) is 11.0. The lowest BCUT2D eigenvalue weighted by molar-refractivity contribution is 0.365. The molecule has 1 heterocycles. The van der Waals surface area contributed by atoms with Gasteiger partial charge >= 0.3 is 0 Å². The van der Waals surface area contributed by atoms with Crippen molar-refractivity contribution in [1.82, 2.24) is 5.32 Å². The van der Waals surface area contributed by atoms with Crippen molar-refractivity contribution in [3.8, 4) is 6.07 Å². The van der Waals surface area contributed by atoms with Gasteiger partial charge in [-0.15, -0.1) is 0 Å². The van der Waals surface area contributed by atoms with Gasteiger partial charge in [0, 0.05) is 5.54 Å². The fourth-order valence-electron chi connectivity index (χ4n) is 2.12. The molecule has 0 unspecified atom stereocenters. The van der Waals surface area contributed by atoms with Gasteiger partial charge in [0.25, 0.3) is 0 Å². The molecule has 2 N–H and O–H groups in total. The Kier molecular flexibility index (Phi) is 3.12. The zero-order chi connectivity index (χ0) is 11.4. The summed E-state index contributed by atoms with van der Waals surface area (Å²) in [6.45, 7) is 4.30. The molecule has 0 saturated carbocycles. The molecule has 0 spiro atoms. The minimum Gasteiger partial charge on any atom is -0.379 e. The second-order valence-corrected chi connectivity index (χ2v) is 4.59. The average molecular weight is 215 g/mol. The molecule has 3 heteroatoms. The molecule has 0 bridgehead atoms. The van der Waals surface area contributed by atoms with Crippen LogP contribution in [0.5, 0.6) is 0 Å². The number of hydrogen-bond donors (Lipinski definition) is 2. The van der Waals surface area contributed by atoms with Crippen LogP contribution in [0.4, 0.5) is 5.69 Å². The first-order valence-electron chi connectivity index (χ1n) is 5.72. The number of hydrogen-bond acceptors (Lipinski definition) is 3. The van der Waals surface area contributed by atoms with Crippen molar-refractivity contribution in [1.29, 1.82) is 5.26 Å². The van der Waals surface area contributed by atoms with Crippen LogP contribution in [-0.2, 0) is 0 Å². The van der Waals surface area contributed by atoms with Gasteiger partial charge in [-0.25, -0.2) is 0 Å². The largest absolute Gasteiger partial charge is 0.379 e. The van der Waals surface area contributed by atoms with Gasteiger partial charge in [0.05, 0.1) is 11.3 Å². The Morgan fingerprint density at radius 3 is 2.69 bits per heavy atom. The predicted octanol–water partition coefficient (Wildman–Crippen LogP) is 2.11. The van der Waals surface area contributed by atoms with E-state index in [2.05, 4.69) is 23.6 Å². The monoisotopic (exact) mass is 215 g/mol. The van der Waals surface area contributed by atoms with Crippen molar-refractivity contribution >= 4 is 5.69 Å². The average Bonchev–Trinajstić information content (AvgIpc) is 2.30. The summed E-state index contributed by atoms with van der Waals surface area (Å²) in [5.74, 6) is 0. The molecule has 84 valence electrons. The minimum atomic E-state index is 0.109. The van der Waals surface area contributed by atoms with E-state index in [1.54, 1.807) is 0 Å². The molecule has 1 aromatic rings. The molecule has 1 aliphatic rings. The Hall–Kier alpha value is -1.53. The number of nitriles is 1. The van der Waals surface area contributed by atoms with Crippen LogP contribution in [0.3, 0.4) is 0 Å². The van der Waals surface area contributed by atoms with E-state index in [1.807, 2.05) is 24.3 Å². The summed E-state index contributed by atoms with van der Waals surface area (Å²) in [4.78, 5) is 0. The van der Waals surface area contributed by atoms with E-state index < -0.39 is 0 Å². The number of benzene rings is 1. The summed E-state index contributed by atoms with van der Waals surface area (Å²) in [5.41, 5.74) is 1.79. The van der Waals surface area contributed by atoms with Gasteiger partial charge in [-0.05, 0) is 45.0 Å². The molecule has 1 saturated heterocycles. The Labute approximate surface area is 96.5 Å². The van der Waals surface area contributed by atoms with Gasteiger partial charge in [0.1, 0.15) is 6.07 Å². The molecule has 1 aliphatic heterocycles. The number of anilines is 1. The molecule has 0 atom stereocenters. The van der Waals surface area contributed by atoms with E-state index in [0.717, 1.165) is 37.2 Å². The third kappa shape index (κ3) is 2.34. The summed E-state index contributed by atoms with van der Waals surface area (Å²) in [6, 6.07) is 9.92. The van der Waals surface area contributed by atoms with Crippen LogP contribution < -0.4 is 10.6 Å². The lowest BCUT2D eigenvalue weighted by Crippen LogP contribution is -2.45. The molecule has 1 fully saturated rings. The lowest BCUT2D eigenvalue weighted by atomic mass is 9.90. The van der Waals surface area contributed by atoms with Gasteiger partial charge in [0.2, 0.25) is 0 Å². The van der Waals surface area contributed by atoms with Crippen LogP contribution in [0, 0.1) is 11.3 Å².